The summed E-state index contributed by atoms with van der Waals surface area (Å²) in [6.45, 7) is 13.0. The topological polar surface area (TPSA) is 0 Å². The second-order valence-corrected chi connectivity index (χ2v) is 7.33. The van der Waals surface area contributed by atoms with Crippen LogP contribution in [0.1, 0.15) is 91.9 Å². The molecule has 0 aliphatic carbocycles. The lowest BCUT2D eigenvalue weighted by molar-refractivity contribution is 0.751. The molecule has 0 spiro atoms. The molecule has 0 aromatic rings. The predicted octanol–water partition coefficient (Wildman–Crippen LogP) is 8.98. The lowest BCUT2D eigenvalue weighted by atomic mass is 9.90. The summed E-state index contributed by atoms with van der Waals surface area (Å²) in [5.74, 6) is 0.890. The van der Waals surface area contributed by atoms with Crippen molar-refractivity contribution in [2.75, 3.05) is 0 Å². The average molecular weight is 357 g/mol. The minimum Gasteiger partial charge on any atom is -0.102 e. The summed E-state index contributed by atoms with van der Waals surface area (Å²) in [5.41, 5.74) is 1.45. The maximum absolute atomic E-state index is 3.96. The maximum Gasteiger partial charge on any atom is 0.00494 e. The van der Waals surface area contributed by atoms with E-state index in [2.05, 4.69) is 76.8 Å². The van der Waals surface area contributed by atoms with E-state index in [1.165, 1.54) is 63.4 Å². The molecule has 0 heteroatoms. The first-order valence-electron chi connectivity index (χ1n) is 11.0. The van der Waals surface area contributed by atoms with E-state index < -0.39 is 0 Å². The summed E-state index contributed by atoms with van der Waals surface area (Å²) < 4.78 is 0. The molecular weight excluding hydrogens is 312 g/mol. The molecule has 0 saturated carbocycles. The van der Waals surface area contributed by atoms with Crippen LogP contribution < -0.4 is 0 Å². The molecular formula is C26H44. The van der Waals surface area contributed by atoms with Gasteiger partial charge in [-0.1, -0.05) is 115 Å². The summed E-state index contributed by atoms with van der Waals surface area (Å²) >= 11 is 0. The molecule has 0 bridgehead atoms. The standard InChI is InChI=1S/C26H44/c1-6-10-13-16-19-21-25(20-17-14-11-7-2)26(23-24(5)9-4)22-18-15-12-8-3/h9,16-20,22-25H,4,6-8,10-15,21H2,1-3,5H3. The minimum atomic E-state index is 0.413. The molecule has 0 amide bonds. The van der Waals surface area contributed by atoms with E-state index in [4.69, 9.17) is 0 Å². The van der Waals surface area contributed by atoms with Gasteiger partial charge < -0.3 is 0 Å². The molecule has 0 saturated heterocycles. The number of rotatable bonds is 16. The van der Waals surface area contributed by atoms with Gasteiger partial charge in [0.2, 0.25) is 0 Å². The first-order chi connectivity index (χ1) is 12.7. The summed E-state index contributed by atoms with van der Waals surface area (Å²) in [6.07, 6.45) is 31.0. The first-order valence-corrected chi connectivity index (χ1v) is 11.0. The lowest BCUT2D eigenvalue weighted by Crippen LogP contribution is -2.01. The second kappa shape index (κ2) is 18.5. The number of hydrogen-bond donors (Lipinski definition) is 0. The third-order valence-electron chi connectivity index (χ3n) is 4.66. The van der Waals surface area contributed by atoms with Crippen LogP contribution in [0.3, 0.4) is 0 Å². The fraction of sp³-hybridized carbons (Fsp3) is 0.615. The van der Waals surface area contributed by atoms with Gasteiger partial charge in [-0.15, -0.1) is 6.58 Å². The van der Waals surface area contributed by atoms with Crippen molar-refractivity contribution in [1.82, 2.24) is 0 Å². The molecule has 0 aromatic carbocycles. The average Bonchev–Trinajstić information content (AvgIpc) is 2.65. The van der Waals surface area contributed by atoms with E-state index in [9.17, 15) is 0 Å². The Bertz CT molecular complexity index is 433. The van der Waals surface area contributed by atoms with Crippen LogP contribution in [0.4, 0.5) is 0 Å². The highest BCUT2D eigenvalue weighted by molar-refractivity contribution is 5.28. The summed E-state index contributed by atoms with van der Waals surface area (Å²) in [6, 6.07) is 0. The molecule has 2 atom stereocenters. The molecule has 0 aliphatic heterocycles. The monoisotopic (exact) mass is 356 g/mol. The molecule has 0 N–H and O–H groups in total. The Morgan fingerprint density at radius 1 is 0.808 bits per heavy atom. The van der Waals surface area contributed by atoms with Crippen LogP contribution in [0.2, 0.25) is 0 Å². The quantitative estimate of drug-likeness (QED) is 0.147. The first kappa shape index (κ1) is 24.7. The molecule has 26 heavy (non-hydrogen) atoms. The van der Waals surface area contributed by atoms with Crippen LogP contribution in [0.5, 0.6) is 0 Å². The van der Waals surface area contributed by atoms with Gasteiger partial charge in [-0.25, -0.2) is 0 Å². The number of hydrogen-bond acceptors (Lipinski definition) is 0. The lowest BCUT2D eigenvalue weighted by Gasteiger charge is -2.15. The van der Waals surface area contributed by atoms with Gasteiger partial charge in [0.25, 0.3) is 0 Å². The molecule has 2 unspecified atom stereocenters. The van der Waals surface area contributed by atoms with Crippen LogP contribution in [-0.4, -0.2) is 0 Å². The Morgan fingerprint density at radius 2 is 1.38 bits per heavy atom. The second-order valence-electron chi connectivity index (χ2n) is 7.33. The zero-order valence-electron chi connectivity index (χ0n) is 18.1. The number of allylic oxidation sites excluding steroid dienone is 9. The van der Waals surface area contributed by atoms with E-state index in [1.54, 1.807) is 0 Å². The van der Waals surface area contributed by atoms with E-state index in [0.29, 0.717) is 11.8 Å². The molecule has 0 fully saturated rings. The Labute approximate surface area is 164 Å². The minimum absolute atomic E-state index is 0.413. The Morgan fingerprint density at radius 3 is 1.96 bits per heavy atom. The third kappa shape index (κ3) is 13.9. The maximum atomic E-state index is 3.96. The molecule has 148 valence electrons. The summed E-state index contributed by atoms with van der Waals surface area (Å²) in [7, 11) is 0. The molecule has 0 aliphatic rings. The largest absolute Gasteiger partial charge is 0.102 e. The fourth-order valence-corrected chi connectivity index (χ4v) is 2.81. The van der Waals surface area contributed by atoms with E-state index in [-0.39, 0.29) is 0 Å². The summed E-state index contributed by atoms with van der Waals surface area (Å²) in [4.78, 5) is 0. The van der Waals surface area contributed by atoms with Crippen molar-refractivity contribution in [2.45, 2.75) is 91.9 Å². The Hall–Kier alpha value is -1.30. The zero-order valence-corrected chi connectivity index (χ0v) is 18.1. The molecule has 0 rings (SSSR count). The molecule has 0 aromatic heterocycles. The van der Waals surface area contributed by atoms with Crippen LogP contribution in [0.25, 0.3) is 0 Å². The van der Waals surface area contributed by atoms with E-state index in [0.717, 1.165) is 6.42 Å². The van der Waals surface area contributed by atoms with Gasteiger partial charge in [0, 0.05) is 5.92 Å². The molecule has 0 nitrogen and oxygen atoms in total. The van der Waals surface area contributed by atoms with Crippen molar-refractivity contribution in [2.24, 2.45) is 11.8 Å². The van der Waals surface area contributed by atoms with Crippen LogP contribution >= 0.6 is 0 Å². The van der Waals surface area contributed by atoms with Gasteiger partial charge >= 0.3 is 0 Å². The Kier molecular flexibility index (Phi) is 17.6. The van der Waals surface area contributed by atoms with Crippen LogP contribution in [0.15, 0.2) is 60.8 Å². The highest BCUT2D eigenvalue weighted by atomic mass is 14.1. The summed E-state index contributed by atoms with van der Waals surface area (Å²) in [5, 5.41) is 0. The van der Waals surface area contributed by atoms with Crippen molar-refractivity contribution in [1.29, 1.82) is 0 Å². The van der Waals surface area contributed by atoms with Crippen molar-refractivity contribution in [3.05, 3.63) is 60.8 Å². The van der Waals surface area contributed by atoms with Crippen molar-refractivity contribution >= 4 is 0 Å². The molecule has 0 radical (unpaired) electrons. The zero-order chi connectivity index (χ0) is 19.5. The van der Waals surface area contributed by atoms with Crippen molar-refractivity contribution < 1.29 is 0 Å². The van der Waals surface area contributed by atoms with Gasteiger partial charge in [0.1, 0.15) is 0 Å². The van der Waals surface area contributed by atoms with E-state index >= 15 is 0 Å². The van der Waals surface area contributed by atoms with Crippen molar-refractivity contribution in [3.63, 3.8) is 0 Å². The van der Waals surface area contributed by atoms with E-state index in [1.807, 2.05) is 6.08 Å². The van der Waals surface area contributed by atoms with Crippen molar-refractivity contribution in [3.8, 4) is 0 Å². The van der Waals surface area contributed by atoms with Gasteiger partial charge in [0.05, 0.1) is 0 Å². The predicted molar refractivity (Wildman–Crippen MR) is 122 cm³/mol. The van der Waals surface area contributed by atoms with Crippen LogP contribution in [-0.2, 0) is 0 Å². The highest BCUT2D eigenvalue weighted by Crippen LogP contribution is 2.23. The Balaban J connectivity index is 5.21. The normalized spacial score (nSPS) is 15.3. The highest BCUT2D eigenvalue weighted by Gasteiger charge is 2.08. The van der Waals surface area contributed by atoms with Gasteiger partial charge in [0.15, 0.2) is 0 Å². The fourth-order valence-electron chi connectivity index (χ4n) is 2.81. The number of unbranched alkanes of at least 4 members (excludes halogenated alkanes) is 6. The molecule has 0 heterocycles. The van der Waals surface area contributed by atoms with Gasteiger partial charge in [-0.3, -0.25) is 0 Å². The smallest absolute Gasteiger partial charge is 0.00494 e. The van der Waals surface area contributed by atoms with Crippen LogP contribution in [0, 0.1) is 11.8 Å². The van der Waals surface area contributed by atoms with Gasteiger partial charge in [-0.2, -0.15) is 0 Å². The third-order valence-corrected chi connectivity index (χ3v) is 4.66. The van der Waals surface area contributed by atoms with Gasteiger partial charge in [-0.05, 0) is 37.2 Å². The SMILES string of the molecule is C=CC(C)C=C(C=CCCCC)C(C=CCCCC)CC=CCCCC.